The number of methoxy groups -OCH3 is 2. The van der Waals surface area contributed by atoms with Gasteiger partial charge in [-0.25, -0.2) is 9.59 Å². The van der Waals surface area contributed by atoms with E-state index < -0.39 is 35.7 Å². The molecule has 0 spiro atoms. The zero-order chi connectivity index (χ0) is 19.7. The third-order valence-corrected chi connectivity index (χ3v) is 5.15. The van der Waals surface area contributed by atoms with Crippen molar-refractivity contribution in [2.75, 3.05) is 19.5 Å². The molecule has 1 fully saturated rings. The summed E-state index contributed by atoms with van der Waals surface area (Å²) in [6.07, 6.45) is 4.31. The number of carboxylic acids is 1. The molecule has 0 unspecified atom stereocenters. The number of nitrogens with one attached hydrogen (secondary N) is 1. The van der Waals surface area contributed by atoms with Crippen LogP contribution < -0.4 is 5.32 Å². The van der Waals surface area contributed by atoms with Crippen LogP contribution in [0.25, 0.3) is 0 Å². The van der Waals surface area contributed by atoms with Crippen LogP contribution in [0.1, 0.15) is 27.1 Å². The van der Waals surface area contributed by atoms with Crippen molar-refractivity contribution >= 4 is 29.5 Å². The lowest BCUT2D eigenvalue weighted by molar-refractivity contribution is -0.146. The molecule has 0 saturated heterocycles. The Balaban J connectivity index is 1.92. The normalized spacial score (nSPS) is 25.1. The standard InChI is InChI=1S/C19H19NO7/c1-26-18(24)11-5-6-12(19(25)27-2)13(8-11)20-16(21)14-9-3-4-10(7-9)15(14)17(22)23/h3-6,8-10,14-15H,7H2,1-2H3,(H,20,21)(H,22,23)/t9-,10+,14-,15+/m1/s1. The van der Waals surface area contributed by atoms with Crippen molar-refractivity contribution in [3.63, 3.8) is 0 Å². The highest BCUT2D eigenvalue weighted by molar-refractivity contribution is 6.04. The Morgan fingerprint density at radius 2 is 1.63 bits per heavy atom. The van der Waals surface area contributed by atoms with Gasteiger partial charge in [0.15, 0.2) is 0 Å². The van der Waals surface area contributed by atoms with E-state index in [1.807, 2.05) is 12.2 Å². The van der Waals surface area contributed by atoms with E-state index in [0.717, 1.165) is 0 Å². The van der Waals surface area contributed by atoms with Crippen LogP contribution in [0.2, 0.25) is 0 Å². The highest BCUT2D eigenvalue weighted by atomic mass is 16.5. The molecule has 2 N–H and O–H groups in total. The van der Waals surface area contributed by atoms with E-state index in [1.165, 1.54) is 32.4 Å². The van der Waals surface area contributed by atoms with Crippen LogP contribution in [0, 0.1) is 23.7 Å². The Labute approximate surface area is 155 Å². The fourth-order valence-corrected chi connectivity index (χ4v) is 3.91. The molecule has 1 aromatic carbocycles. The van der Waals surface area contributed by atoms with Gasteiger partial charge in [-0.2, -0.15) is 0 Å². The van der Waals surface area contributed by atoms with Gasteiger partial charge >= 0.3 is 17.9 Å². The Morgan fingerprint density at radius 1 is 1.00 bits per heavy atom. The third-order valence-electron chi connectivity index (χ3n) is 5.15. The lowest BCUT2D eigenvalue weighted by Gasteiger charge is -2.24. The number of carbonyl (C=O) groups excluding carboxylic acids is 3. The number of carboxylic acid groups (broad SMARTS) is 1. The van der Waals surface area contributed by atoms with Gasteiger partial charge in [0, 0.05) is 0 Å². The average Bonchev–Trinajstić information content (AvgIpc) is 3.28. The summed E-state index contributed by atoms with van der Waals surface area (Å²) in [5.41, 5.74) is 0.276. The van der Waals surface area contributed by atoms with Crippen LogP contribution in [0.4, 0.5) is 5.69 Å². The van der Waals surface area contributed by atoms with E-state index in [2.05, 4.69) is 10.1 Å². The largest absolute Gasteiger partial charge is 0.481 e. The van der Waals surface area contributed by atoms with Gasteiger partial charge in [0.2, 0.25) is 5.91 Å². The molecule has 0 aromatic heterocycles. The van der Waals surface area contributed by atoms with E-state index >= 15 is 0 Å². The van der Waals surface area contributed by atoms with Crippen LogP contribution in [0.15, 0.2) is 30.4 Å². The van der Waals surface area contributed by atoms with Gasteiger partial charge < -0.3 is 19.9 Å². The summed E-state index contributed by atoms with van der Waals surface area (Å²) in [6.45, 7) is 0. The minimum absolute atomic E-state index is 0.0593. The molecule has 1 aromatic rings. The number of anilines is 1. The molecule has 0 heterocycles. The van der Waals surface area contributed by atoms with Crippen molar-refractivity contribution in [3.05, 3.63) is 41.5 Å². The van der Waals surface area contributed by atoms with Gasteiger partial charge in [-0.05, 0) is 36.5 Å². The summed E-state index contributed by atoms with van der Waals surface area (Å²) in [7, 11) is 2.41. The average molecular weight is 373 g/mol. The summed E-state index contributed by atoms with van der Waals surface area (Å²) in [5, 5.41) is 12.1. The fourth-order valence-electron chi connectivity index (χ4n) is 3.91. The number of amides is 1. The van der Waals surface area contributed by atoms with Gasteiger partial charge in [0.25, 0.3) is 0 Å². The van der Waals surface area contributed by atoms with E-state index in [1.54, 1.807) is 0 Å². The van der Waals surface area contributed by atoms with Crippen molar-refractivity contribution in [2.45, 2.75) is 6.42 Å². The summed E-state index contributed by atoms with van der Waals surface area (Å²) in [6, 6.07) is 4.05. The number of benzene rings is 1. The van der Waals surface area contributed by atoms with Crippen molar-refractivity contribution in [1.29, 1.82) is 0 Å². The molecular weight excluding hydrogens is 354 g/mol. The number of hydrogen-bond acceptors (Lipinski definition) is 6. The first-order chi connectivity index (χ1) is 12.9. The number of ether oxygens (including phenoxy) is 2. The number of carbonyl (C=O) groups is 4. The van der Waals surface area contributed by atoms with Crippen molar-refractivity contribution in [3.8, 4) is 0 Å². The zero-order valence-electron chi connectivity index (χ0n) is 14.8. The molecule has 27 heavy (non-hydrogen) atoms. The molecule has 0 radical (unpaired) electrons. The maximum atomic E-state index is 12.9. The van der Waals surface area contributed by atoms with Crippen LogP contribution >= 0.6 is 0 Å². The van der Waals surface area contributed by atoms with Crippen molar-refractivity contribution in [1.82, 2.24) is 0 Å². The number of hydrogen-bond donors (Lipinski definition) is 2. The van der Waals surface area contributed by atoms with E-state index in [0.29, 0.717) is 6.42 Å². The molecule has 0 aliphatic heterocycles. The number of rotatable bonds is 5. The Morgan fingerprint density at radius 3 is 2.22 bits per heavy atom. The van der Waals surface area contributed by atoms with Gasteiger partial charge in [0.05, 0.1) is 42.9 Å². The predicted octanol–water partition coefficient (Wildman–Crippen LogP) is 1.72. The first-order valence-corrected chi connectivity index (χ1v) is 8.40. The minimum atomic E-state index is -1.02. The monoisotopic (exact) mass is 373 g/mol. The van der Waals surface area contributed by atoms with E-state index in [9.17, 15) is 24.3 Å². The molecule has 8 heteroatoms. The molecule has 2 aliphatic rings. The van der Waals surface area contributed by atoms with Gasteiger partial charge in [-0.3, -0.25) is 9.59 Å². The van der Waals surface area contributed by atoms with Crippen LogP contribution in [-0.4, -0.2) is 43.1 Å². The molecule has 142 valence electrons. The molecule has 2 aliphatic carbocycles. The number of esters is 2. The maximum absolute atomic E-state index is 12.9. The molecule has 4 atom stereocenters. The second kappa shape index (κ2) is 7.22. The van der Waals surface area contributed by atoms with Crippen molar-refractivity contribution in [2.24, 2.45) is 23.7 Å². The number of fused-ring (bicyclic) bond motifs is 2. The highest BCUT2D eigenvalue weighted by Gasteiger charge is 2.51. The molecule has 2 bridgehead atoms. The fraction of sp³-hybridized carbons (Fsp3) is 0.368. The third kappa shape index (κ3) is 3.30. The lowest BCUT2D eigenvalue weighted by atomic mass is 9.82. The second-order valence-electron chi connectivity index (χ2n) is 6.57. The Kier molecular flexibility index (Phi) is 4.98. The predicted molar refractivity (Wildman–Crippen MR) is 93.1 cm³/mol. The van der Waals surface area contributed by atoms with E-state index in [-0.39, 0.29) is 28.7 Å². The SMILES string of the molecule is COC(=O)c1ccc(C(=O)OC)c(NC(=O)[C@H]2[C@@H](C(=O)O)[C@H]3C=C[C@@H]2C3)c1. The molecule has 1 amide bonds. The maximum Gasteiger partial charge on any atom is 0.339 e. The van der Waals surface area contributed by atoms with Gasteiger partial charge in [0.1, 0.15) is 0 Å². The Hall–Kier alpha value is -3.16. The number of allylic oxidation sites excluding steroid dienone is 2. The molecule has 1 saturated carbocycles. The quantitative estimate of drug-likeness (QED) is 0.596. The second-order valence-corrected chi connectivity index (χ2v) is 6.57. The molecular formula is C19H19NO7. The van der Waals surface area contributed by atoms with Crippen LogP contribution in [-0.2, 0) is 19.1 Å². The highest BCUT2D eigenvalue weighted by Crippen LogP contribution is 2.48. The first kappa shape index (κ1) is 18.6. The molecule has 3 rings (SSSR count). The zero-order valence-corrected chi connectivity index (χ0v) is 14.8. The number of aliphatic carboxylic acids is 1. The van der Waals surface area contributed by atoms with E-state index in [4.69, 9.17) is 4.74 Å². The first-order valence-electron chi connectivity index (χ1n) is 8.40. The summed E-state index contributed by atoms with van der Waals surface area (Å²) in [4.78, 5) is 48.2. The summed E-state index contributed by atoms with van der Waals surface area (Å²) >= 11 is 0. The smallest absolute Gasteiger partial charge is 0.339 e. The lowest BCUT2D eigenvalue weighted by Crippen LogP contribution is -2.36. The Bertz CT molecular complexity index is 844. The van der Waals surface area contributed by atoms with Crippen LogP contribution in [0.5, 0.6) is 0 Å². The summed E-state index contributed by atoms with van der Waals surface area (Å²) < 4.78 is 9.36. The minimum Gasteiger partial charge on any atom is -0.481 e. The van der Waals surface area contributed by atoms with Gasteiger partial charge in [-0.15, -0.1) is 0 Å². The van der Waals surface area contributed by atoms with Gasteiger partial charge in [-0.1, -0.05) is 12.2 Å². The van der Waals surface area contributed by atoms with Crippen molar-refractivity contribution < 1.29 is 33.8 Å². The molecule has 8 nitrogen and oxygen atoms in total. The summed E-state index contributed by atoms with van der Waals surface area (Å²) in [5.74, 6) is -4.76. The topological polar surface area (TPSA) is 119 Å². The van der Waals surface area contributed by atoms with Crippen LogP contribution in [0.3, 0.4) is 0 Å².